The maximum atomic E-state index is 12.7. The Labute approximate surface area is 180 Å². The predicted molar refractivity (Wildman–Crippen MR) is 117 cm³/mol. The van der Waals surface area contributed by atoms with Gasteiger partial charge in [0, 0.05) is 32.7 Å². The summed E-state index contributed by atoms with van der Waals surface area (Å²) in [6.45, 7) is 11.8. The van der Waals surface area contributed by atoms with Crippen LogP contribution in [0.2, 0.25) is 0 Å². The van der Waals surface area contributed by atoms with E-state index in [1.807, 2.05) is 24.8 Å². The number of carbonyl (C=O) groups is 2. The van der Waals surface area contributed by atoms with Gasteiger partial charge >= 0.3 is 0 Å². The molecule has 2 amide bonds. The Morgan fingerprint density at radius 1 is 1.07 bits per heavy atom. The molecule has 1 atom stereocenters. The molecule has 3 rings (SSSR count). The monoisotopic (exact) mass is 418 g/mol. The normalized spacial score (nSPS) is 20.8. The van der Waals surface area contributed by atoms with Crippen LogP contribution >= 0.6 is 0 Å². The van der Waals surface area contributed by atoms with Gasteiger partial charge in [0.15, 0.2) is 5.76 Å². The molecule has 0 spiro atoms. The number of hydrogen-bond acceptors (Lipinski definition) is 5. The highest BCUT2D eigenvalue weighted by atomic mass is 16.4. The van der Waals surface area contributed by atoms with Crippen LogP contribution in [0.15, 0.2) is 16.5 Å². The highest BCUT2D eigenvalue weighted by Crippen LogP contribution is 2.21. The lowest BCUT2D eigenvalue weighted by molar-refractivity contribution is -0.137. The fourth-order valence-electron chi connectivity index (χ4n) is 4.60. The summed E-state index contributed by atoms with van der Waals surface area (Å²) in [5.74, 6) is 1.33. The van der Waals surface area contributed by atoms with Crippen LogP contribution in [0.5, 0.6) is 0 Å². The third kappa shape index (κ3) is 6.32. The predicted octanol–water partition coefficient (Wildman–Crippen LogP) is 2.58. The molecule has 2 saturated heterocycles. The smallest absolute Gasteiger partial charge is 0.287 e. The molecule has 0 radical (unpaired) electrons. The van der Waals surface area contributed by atoms with Crippen molar-refractivity contribution in [2.75, 3.05) is 52.4 Å². The third-order valence-electron chi connectivity index (χ3n) is 6.36. The number of nitrogens with zero attached hydrogens (tertiary/aromatic N) is 3. The molecule has 3 heterocycles. The van der Waals surface area contributed by atoms with Crippen molar-refractivity contribution in [3.63, 3.8) is 0 Å². The number of nitrogens with one attached hydrogen (secondary N) is 1. The first-order valence-corrected chi connectivity index (χ1v) is 11.7. The Morgan fingerprint density at radius 2 is 1.80 bits per heavy atom. The zero-order chi connectivity index (χ0) is 21.3. The molecular weight excluding hydrogens is 380 g/mol. The summed E-state index contributed by atoms with van der Waals surface area (Å²) >= 11 is 0. The zero-order valence-corrected chi connectivity index (χ0v) is 18.7. The minimum absolute atomic E-state index is 0.0613. The molecule has 1 unspecified atom stereocenters. The van der Waals surface area contributed by atoms with Crippen LogP contribution in [0.25, 0.3) is 0 Å². The van der Waals surface area contributed by atoms with E-state index in [0.29, 0.717) is 18.8 Å². The van der Waals surface area contributed by atoms with E-state index in [-0.39, 0.29) is 17.7 Å². The van der Waals surface area contributed by atoms with Crippen LogP contribution in [0.4, 0.5) is 0 Å². The van der Waals surface area contributed by atoms with Crippen molar-refractivity contribution in [1.82, 2.24) is 20.0 Å². The highest BCUT2D eigenvalue weighted by Gasteiger charge is 2.28. The van der Waals surface area contributed by atoms with Crippen molar-refractivity contribution in [2.24, 2.45) is 5.92 Å². The molecule has 0 aliphatic carbocycles. The molecular formula is C23H38N4O3. The van der Waals surface area contributed by atoms with E-state index in [4.69, 9.17) is 4.42 Å². The van der Waals surface area contributed by atoms with E-state index in [0.717, 1.165) is 64.4 Å². The second-order valence-corrected chi connectivity index (χ2v) is 8.51. The molecule has 1 N–H and O–H groups in total. The maximum Gasteiger partial charge on any atom is 0.287 e. The lowest BCUT2D eigenvalue weighted by Crippen LogP contribution is -2.44. The molecule has 0 bridgehead atoms. The van der Waals surface area contributed by atoms with Crippen molar-refractivity contribution in [3.05, 3.63) is 23.7 Å². The number of hydrogen-bond donors (Lipinski definition) is 1. The average Bonchev–Trinajstić information content (AvgIpc) is 3.24. The standard InChI is InChI=1S/C23H38N4O3/c1-3-27(4-2)23(29)19-9-8-15-26(17-19)18-20-10-11-21(30-20)22(28)24-12-16-25-13-6-5-7-14-25/h10-11,19H,3-9,12-18H2,1-2H3,(H,24,28). The summed E-state index contributed by atoms with van der Waals surface area (Å²) in [6.07, 6.45) is 5.80. The highest BCUT2D eigenvalue weighted by molar-refractivity contribution is 5.91. The van der Waals surface area contributed by atoms with Crippen LogP contribution in [-0.2, 0) is 11.3 Å². The molecule has 30 heavy (non-hydrogen) atoms. The van der Waals surface area contributed by atoms with E-state index in [2.05, 4.69) is 15.1 Å². The molecule has 1 aromatic heterocycles. The van der Waals surface area contributed by atoms with Crippen molar-refractivity contribution in [3.8, 4) is 0 Å². The molecule has 1 aromatic rings. The number of amides is 2. The summed E-state index contributed by atoms with van der Waals surface area (Å²) in [7, 11) is 0. The number of likely N-dealkylation sites (tertiary alicyclic amines) is 2. The summed E-state index contributed by atoms with van der Waals surface area (Å²) < 4.78 is 5.81. The number of rotatable bonds is 9. The van der Waals surface area contributed by atoms with Gasteiger partial charge in [-0.1, -0.05) is 6.42 Å². The molecule has 0 saturated carbocycles. The topological polar surface area (TPSA) is 69.0 Å². The zero-order valence-electron chi connectivity index (χ0n) is 18.7. The summed E-state index contributed by atoms with van der Waals surface area (Å²) in [4.78, 5) is 31.7. The fraction of sp³-hybridized carbons (Fsp3) is 0.739. The largest absolute Gasteiger partial charge is 0.455 e. The molecule has 2 fully saturated rings. The maximum absolute atomic E-state index is 12.7. The first-order chi connectivity index (χ1) is 14.6. The quantitative estimate of drug-likeness (QED) is 0.668. The third-order valence-corrected chi connectivity index (χ3v) is 6.36. The molecule has 2 aliphatic heterocycles. The second-order valence-electron chi connectivity index (χ2n) is 8.51. The van der Waals surface area contributed by atoms with E-state index in [9.17, 15) is 9.59 Å². The Balaban J connectivity index is 1.45. The van der Waals surface area contributed by atoms with Gasteiger partial charge in [0.1, 0.15) is 5.76 Å². The van der Waals surface area contributed by atoms with Crippen LogP contribution in [0.1, 0.15) is 62.3 Å². The van der Waals surface area contributed by atoms with E-state index >= 15 is 0 Å². The van der Waals surface area contributed by atoms with Gasteiger partial charge in [-0.3, -0.25) is 14.5 Å². The van der Waals surface area contributed by atoms with Gasteiger partial charge in [0.05, 0.1) is 12.5 Å². The lowest BCUT2D eigenvalue weighted by atomic mass is 9.96. The number of furan rings is 1. The molecule has 2 aliphatic rings. The minimum atomic E-state index is -0.147. The fourth-order valence-corrected chi connectivity index (χ4v) is 4.60. The van der Waals surface area contributed by atoms with E-state index in [1.54, 1.807) is 6.07 Å². The van der Waals surface area contributed by atoms with Crippen molar-refractivity contribution in [2.45, 2.75) is 52.5 Å². The molecule has 168 valence electrons. The first kappa shape index (κ1) is 22.8. The molecule has 7 nitrogen and oxygen atoms in total. The van der Waals surface area contributed by atoms with Gasteiger partial charge in [-0.15, -0.1) is 0 Å². The van der Waals surface area contributed by atoms with E-state index in [1.165, 1.54) is 19.3 Å². The van der Waals surface area contributed by atoms with E-state index < -0.39 is 0 Å². The van der Waals surface area contributed by atoms with Crippen molar-refractivity contribution in [1.29, 1.82) is 0 Å². The molecule has 0 aromatic carbocycles. The van der Waals surface area contributed by atoms with Crippen molar-refractivity contribution < 1.29 is 14.0 Å². The summed E-state index contributed by atoms with van der Waals surface area (Å²) in [6, 6.07) is 3.64. The Bertz CT molecular complexity index is 680. The Hall–Kier alpha value is -1.86. The van der Waals surface area contributed by atoms with Gasteiger partial charge in [-0.05, 0) is 71.3 Å². The van der Waals surface area contributed by atoms with Gasteiger partial charge in [0.2, 0.25) is 5.91 Å². The van der Waals surface area contributed by atoms with Gasteiger partial charge in [-0.2, -0.15) is 0 Å². The molecule has 7 heteroatoms. The number of piperidine rings is 2. The van der Waals surface area contributed by atoms with Gasteiger partial charge in [0.25, 0.3) is 5.91 Å². The van der Waals surface area contributed by atoms with Crippen LogP contribution in [0.3, 0.4) is 0 Å². The summed E-state index contributed by atoms with van der Waals surface area (Å²) in [5.41, 5.74) is 0. The Morgan fingerprint density at radius 3 is 2.53 bits per heavy atom. The summed E-state index contributed by atoms with van der Waals surface area (Å²) in [5, 5.41) is 2.97. The van der Waals surface area contributed by atoms with Gasteiger partial charge < -0.3 is 19.5 Å². The van der Waals surface area contributed by atoms with Crippen molar-refractivity contribution >= 4 is 11.8 Å². The lowest BCUT2D eigenvalue weighted by Gasteiger charge is -2.34. The SMILES string of the molecule is CCN(CC)C(=O)C1CCCN(Cc2ccc(C(=O)NCCN3CCCCC3)o2)C1. The average molecular weight is 419 g/mol. The number of carbonyl (C=O) groups excluding carboxylic acids is 2. The van der Waals surface area contributed by atoms with Gasteiger partial charge in [-0.25, -0.2) is 0 Å². The van der Waals surface area contributed by atoms with Crippen LogP contribution in [-0.4, -0.2) is 78.9 Å². The van der Waals surface area contributed by atoms with Crippen LogP contribution in [0, 0.1) is 5.92 Å². The van der Waals surface area contributed by atoms with Crippen LogP contribution < -0.4 is 5.32 Å². The second kappa shape index (κ2) is 11.5. The minimum Gasteiger partial charge on any atom is -0.455 e. The first-order valence-electron chi connectivity index (χ1n) is 11.7. The Kier molecular flexibility index (Phi) is 8.75.